The Morgan fingerprint density at radius 2 is 1.77 bits per heavy atom. The van der Waals surface area contributed by atoms with E-state index in [9.17, 15) is 9.59 Å². The lowest BCUT2D eigenvalue weighted by Gasteiger charge is -2.30. The quantitative estimate of drug-likeness (QED) is 0.667. The van der Waals surface area contributed by atoms with Gasteiger partial charge in [0.15, 0.2) is 0 Å². The molecule has 0 unspecified atom stereocenters. The molecule has 3 aromatic rings. The number of hydrogen-bond donors (Lipinski definition) is 1. The van der Waals surface area contributed by atoms with Gasteiger partial charge < -0.3 is 10.6 Å². The van der Waals surface area contributed by atoms with Gasteiger partial charge in [0, 0.05) is 24.6 Å². The van der Waals surface area contributed by atoms with Crippen LogP contribution in [-0.2, 0) is 4.79 Å². The Morgan fingerprint density at radius 1 is 1.06 bits per heavy atom. The summed E-state index contributed by atoms with van der Waals surface area (Å²) in [5, 5.41) is 5.35. The number of likely N-dealkylation sites (tertiary alicyclic amines) is 1. The Balaban J connectivity index is 1.76. The van der Waals surface area contributed by atoms with Gasteiger partial charge in [0.2, 0.25) is 5.91 Å². The number of hydrogen-bond acceptors (Lipinski definition) is 3. The van der Waals surface area contributed by atoms with Crippen molar-refractivity contribution in [3.63, 3.8) is 0 Å². The van der Waals surface area contributed by atoms with Crippen LogP contribution >= 0.6 is 11.6 Å². The molecule has 1 saturated heterocycles. The zero-order valence-electron chi connectivity index (χ0n) is 17.6. The number of carbonyl (C=O) groups is 2. The van der Waals surface area contributed by atoms with E-state index in [0.29, 0.717) is 42.3 Å². The summed E-state index contributed by atoms with van der Waals surface area (Å²) in [7, 11) is 0. The van der Waals surface area contributed by atoms with E-state index in [1.165, 1.54) is 0 Å². The normalized spacial score (nSPS) is 14.6. The summed E-state index contributed by atoms with van der Waals surface area (Å²) in [6.45, 7) is 5.02. The molecule has 1 aromatic heterocycles. The Hall–Kier alpha value is -3.12. The second kappa shape index (κ2) is 8.55. The molecule has 2 amide bonds. The lowest BCUT2D eigenvalue weighted by atomic mass is 9.96. The standard InChI is InChI=1S/C24H25ClN4O2/c1-15-7-8-21(16(2)13-15)29-22(14-20(27-29)18-5-3-4-6-19(18)25)24(31)28-11-9-17(10-12-28)23(26)30/h3-8,13-14,17H,9-12H2,1-2H3,(H2,26,30). The molecule has 2 aromatic carbocycles. The molecule has 0 atom stereocenters. The van der Waals surface area contributed by atoms with Crippen molar-refractivity contribution in [2.45, 2.75) is 26.7 Å². The van der Waals surface area contributed by atoms with Gasteiger partial charge in [0.05, 0.1) is 16.4 Å². The van der Waals surface area contributed by atoms with Crippen LogP contribution in [0.25, 0.3) is 16.9 Å². The highest BCUT2D eigenvalue weighted by Crippen LogP contribution is 2.30. The number of nitrogens with two attached hydrogens (primary N) is 1. The molecule has 4 rings (SSSR count). The van der Waals surface area contributed by atoms with Crippen LogP contribution < -0.4 is 5.73 Å². The fourth-order valence-corrected chi connectivity index (χ4v) is 4.32. The topological polar surface area (TPSA) is 81.2 Å². The van der Waals surface area contributed by atoms with E-state index in [-0.39, 0.29) is 17.7 Å². The second-order valence-electron chi connectivity index (χ2n) is 8.07. The predicted octanol–water partition coefficient (Wildman–Crippen LogP) is 4.15. The zero-order valence-corrected chi connectivity index (χ0v) is 18.4. The number of amides is 2. The molecule has 1 fully saturated rings. The fraction of sp³-hybridized carbons (Fsp3) is 0.292. The van der Waals surface area contributed by atoms with Crippen molar-refractivity contribution in [3.05, 3.63) is 70.4 Å². The molecule has 0 radical (unpaired) electrons. The third-order valence-electron chi connectivity index (χ3n) is 5.84. The van der Waals surface area contributed by atoms with Gasteiger partial charge in [-0.05, 0) is 50.5 Å². The Labute approximate surface area is 186 Å². The minimum atomic E-state index is -0.298. The highest BCUT2D eigenvalue weighted by atomic mass is 35.5. The van der Waals surface area contributed by atoms with E-state index in [0.717, 1.165) is 22.4 Å². The first kappa shape index (κ1) is 21.1. The summed E-state index contributed by atoms with van der Waals surface area (Å²) in [6.07, 6.45) is 1.16. The number of rotatable bonds is 4. The van der Waals surface area contributed by atoms with Gasteiger partial charge in [-0.3, -0.25) is 9.59 Å². The van der Waals surface area contributed by atoms with Gasteiger partial charge in [-0.1, -0.05) is 47.5 Å². The average Bonchev–Trinajstić information content (AvgIpc) is 3.18. The van der Waals surface area contributed by atoms with Gasteiger partial charge in [0.25, 0.3) is 5.91 Å². The summed E-state index contributed by atoms with van der Waals surface area (Å²) in [4.78, 5) is 26.8. The zero-order chi connectivity index (χ0) is 22.1. The van der Waals surface area contributed by atoms with Crippen LogP contribution in [0.5, 0.6) is 0 Å². The molecular formula is C24H25ClN4O2. The molecule has 2 heterocycles. The van der Waals surface area contributed by atoms with Crippen LogP contribution in [0.3, 0.4) is 0 Å². The number of benzene rings is 2. The Bertz CT molecular complexity index is 1150. The molecule has 160 valence electrons. The monoisotopic (exact) mass is 436 g/mol. The average molecular weight is 437 g/mol. The molecule has 31 heavy (non-hydrogen) atoms. The van der Waals surface area contributed by atoms with Crippen LogP contribution in [0.2, 0.25) is 5.02 Å². The predicted molar refractivity (Wildman–Crippen MR) is 121 cm³/mol. The van der Waals surface area contributed by atoms with Crippen molar-refractivity contribution in [2.24, 2.45) is 11.7 Å². The van der Waals surface area contributed by atoms with Crippen molar-refractivity contribution in [1.29, 1.82) is 0 Å². The van der Waals surface area contributed by atoms with Crippen molar-refractivity contribution >= 4 is 23.4 Å². The van der Waals surface area contributed by atoms with Crippen LogP contribution in [0, 0.1) is 19.8 Å². The number of aromatic nitrogens is 2. The molecule has 6 nitrogen and oxygen atoms in total. The maximum Gasteiger partial charge on any atom is 0.272 e. The smallest absolute Gasteiger partial charge is 0.272 e. The molecule has 7 heteroatoms. The van der Waals surface area contributed by atoms with E-state index < -0.39 is 0 Å². The second-order valence-corrected chi connectivity index (χ2v) is 8.47. The number of piperidine rings is 1. The molecule has 1 aliphatic heterocycles. The summed E-state index contributed by atoms with van der Waals surface area (Å²) in [5.41, 5.74) is 10.3. The van der Waals surface area contributed by atoms with E-state index in [2.05, 4.69) is 6.07 Å². The number of aryl methyl sites for hydroxylation is 2. The van der Waals surface area contributed by atoms with Gasteiger partial charge in [-0.25, -0.2) is 4.68 Å². The third-order valence-corrected chi connectivity index (χ3v) is 6.17. The van der Waals surface area contributed by atoms with Gasteiger partial charge in [-0.15, -0.1) is 0 Å². The molecule has 0 saturated carbocycles. The maximum absolute atomic E-state index is 13.5. The number of primary amides is 1. The molecular weight excluding hydrogens is 412 g/mol. The van der Waals surface area contributed by atoms with Crippen LogP contribution in [0.1, 0.15) is 34.5 Å². The molecule has 1 aliphatic rings. The summed E-state index contributed by atoms with van der Waals surface area (Å²) >= 11 is 6.40. The van der Waals surface area contributed by atoms with Crippen LogP contribution in [0.15, 0.2) is 48.5 Å². The highest BCUT2D eigenvalue weighted by Gasteiger charge is 2.29. The minimum absolute atomic E-state index is 0.117. The lowest BCUT2D eigenvalue weighted by Crippen LogP contribution is -2.42. The molecule has 2 N–H and O–H groups in total. The SMILES string of the molecule is Cc1ccc(-n2nc(-c3ccccc3Cl)cc2C(=O)N2CCC(C(N)=O)CC2)c(C)c1. The van der Waals surface area contributed by atoms with Crippen molar-refractivity contribution in [3.8, 4) is 16.9 Å². The lowest BCUT2D eigenvalue weighted by molar-refractivity contribution is -0.123. The van der Waals surface area contributed by atoms with Gasteiger partial charge in [-0.2, -0.15) is 5.10 Å². The summed E-state index contributed by atoms with van der Waals surface area (Å²) in [6, 6.07) is 15.3. The van der Waals surface area contributed by atoms with E-state index in [4.69, 9.17) is 22.4 Å². The number of carbonyl (C=O) groups excluding carboxylic acids is 2. The first-order valence-corrected chi connectivity index (χ1v) is 10.7. The largest absolute Gasteiger partial charge is 0.369 e. The first-order valence-electron chi connectivity index (χ1n) is 10.4. The number of nitrogens with zero attached hydrogens (tertiary/aromatic N) is 3. The summed E-state index contributed by atoms with van der Waals surface area (Å²) < 4.78 is 1.70. The Morgan fingerprint density at radius 3 is 2.42 bits per heavy atom. The molecule has 0 bridgehead atoms. The van der Waals surface area contributed by atoms with Gasteiger partial charge in [0.1, 0.15) is 5.69 Å². The van der Waals surface area contributed by atoms with Crippen molar-refractivity contribution in [1.82, 2.24) is 14.7 Å². The molecule has 0 aliphatic carbocycles. The fourth-order valence-electron chi connectivity index (χ4n) is 4.09. The van der Waals surface area contributed by atoms with E-state index >= 15 is 0 Å². The number of halogens is 1. The van der Waals surface area contributed by atoms with E-state index in [1.807, 2.05) is 50.2 Å². The first-order chi connectivity index (χ1) is 14.8. The molecule has 0 spiro atoms. The van der Waals surface area contributed by atoms with Crippen LogP contribution in [0.4, 0.5) is 0 Å². The highest BCUT2D eigenvalue weighted by molar-refractivity contribution is 6.33. The summed E-state index contributed by atoms with van der Waals surface area (Å²) in [5.74, 6) is -0.589. The third kappa shape index (κ3) is 4.21. The van der Waals surface area contributed by atoms with Crippen molar-refractivity contribution in [2.75, 3.05) is 13.1 Å². The van der Waals surface area contributed by atoms with E-state index in [1.54, 1.807) is 15.6 Å². The maximum atomic E-state index is 13.5. The van der Waals surface area contributed by atoms with Crippen LogP contribution in [-0.4, -0.2) is 39.6 Å². The Kier molecular flexibility index (Phi) is 5.83. The van der Waals surface area contributed by atoms with Crippen molar-refractivity contribution < 1.29 is 9.59 Å². The van der Waals surface area contributed by atoms with Gasteiger partial charge >= 0.3 is 0 Å². The minimum Gasteiger partial charge on any atom is -0.369 e.